The molecule has 0 amide bonds. The standard InChI is InChI=1S/C22H27Br/c1-21(2,3)16-9-10-18-14(11-16)7-8-15-12-17(22(4,5)6)13-19(23)20(15)18/h9-13H,7-8H2,1-6H3. The Kier molecular flexibility index (Phi) is 3.99. The first-order valence-corrected chi connectivity index (χ1v) is 9.33. The second-order valence-electron chi connectivity index (χ2n) is 8.86. The second-order valence-corrected chi connectivity index (χ2v) is 9.72. The zero-order chi connectivity index (χ0) is 17.0. The van der Waals surface area contributed by atoms with Crippen molar-refractivity contribution in [1.29, 1.82) is 0 Å². The van der Waals surface area contributed by atoms with Crippen LogP contribution >= 0.6 is 15.9 Å². The van der Waals surface area contributed by atoms with Crippen LogP contribution in [0.15, 0.2) is 34.8 Å². The molecule has 23 heavy (non-hydrogen) atoms. The smallest absolute Gasteiger partial charge is 0.0259 e. The molecule has 0 atom stereocenters. The summed E-state index contributed by atoms with van der Waals surface area (Å²) in [5, 5.41) is 0. The van der Waals surface area contributed by atoms with Crippen molar-refractivity contribution in [2.45, 2.75) is 65.2 Å². The maximum Gasteiger partial charge on any atom is 0.0259 e. The summed E-state index contributed by atoms with van der Waals surface area (Å²) >= 11 is 3.85. The molecule has 0 radical (unpaired) electrons. The fourth-order valence-electron chi connectivity index (χ4n) is 3.38. The van der Waals surface area contributed by atoms with Gasteiger partial charge in [0, 0.05) is 4.47 Å². The Balaban J connectivity index is 2.15. The highest BCUT2D eigenvalue weighted by molar-refractivity contribution is 9.10. The lowest BCUT2D eigenvalue weighted by atomic mass is 9.78. The summed E-state index contributed by atoms with van der Waals surface area (Å²) < 4.78 is 1.24. The van der Waals surface area contributed by atoms with Crippen molar-refractivity contribution in [3.8, 4) is 11.1 Å². The van der Waals surface area contributed by atoms with Gasteiger partial charge in [-0.25, -0.2) is 0 Å². The van der Waals surface area contributed by atoms with E-state index in [0.717, 1.165) is 12.8 Å². The highest BCUT2D eigenvalue weighted by Crippen LogP contribution is 2.42. The molecule has 122 valence electrons. The van der Waals surface area contributed by atoms with Gasteiger partial charge in [-0.1, -0.05) is 81.7 Å². The Bertz CT molecular complexity index is 755. The van der Waals surface area contributed by atoms with Crippen molar-refractivity contribution in [2.24, 2.45) is 0 Å². The van der Waals surface area contributed by atoms with E-state index in [-0.39, 0.29) is 10.8 Å². The van der Waals surface area contributed by atoms with E-state index in [1.54, 1.807) is 0 Å². The number of hydrogen-bond donors (Lipinski definition) is 0. The van der Waals surface area contributed by atoms with E-state index in [1.807, 2.05) is 0 Å². The number of benzene rings is 2. The van der Waals surface area contributed by atoms with Gasteiger partial charge in [-0.15, -0.1) is 0 Å². The van der Waals surface area contributed by atoms with Crippen molar-refractivity contribution in [3.05, 3.63) is 57.1 Å². The van der Waals surface area contributed by atoms with Crippen LogP contribution in [-0.4, -0.2) is 0 Å². The molecular formula is C22H27Br. The monoisotopic (exact) mass is 370 g/mol. The third-order valence-electron chi connectivity index (χ3n) is 4.94. The first-order valence-electron chi connectivity index (χ1n) is 8.54. The van der Waals surface area contributed by atoms with Gasteiger partial charge in [0.05, 0.1) is 0 Å². The van der Waals surface area contributed by atoms with E-state index >= 15 is 0 Å². The van der Waals surface area contributed by atoms with Gasteiger partial charge in [-0.3, -0.25) is 0 Å². The van der Waals surface area contributed by atoms with E-state index in [2.05, 4.69) is 87.8 Å². The molecule has 3 rings (SSSR count). The van der Waals surface area contributed by atoms with E-state index in [0.29, 0.717) is 0 Å². The van der Waals surface area contributed by atoms with Gasteiger partial charge in [0.1, 0.15) is 0 Å². The third-order valence-corrected chi connectivity index (χ3v) is 5.57. The molecular weight excluding hydrogens is 344 g/mol. The quantitative estimate of drug-likeness (QED) is 0.477. The van der Waals surface area contributed by atoms with Gasteiger partial charge in [0.2, 0.25) is 0 Å². The van der Waals surface area contributed by atoms with Crippen molar-refractivity contribution < 1.29 is 0 Å². The zero-order valence-electron chi connectivity index (χ0n) is 15.2. The average Bonchev–Trinajstić information content (AvgIpc) is 2.44. The average molecular weight is 371 g/mol. The normalized spacial score (nSPS) is 14.4. The Morgan fingerprint density at radius 1 is 0.739 bits per heavy atom. The predicted octanol–water partition coefficient (Wildman–Crippen LogP) is 6.81. The summed E-state index contributed by atoms with van der Waals surface area (Å²) in [5.74, 6) is 0. The first-order chi connectivity index (χ1) is 10.6. The topological polar surface area (TPSA) is 0 Å². The molecule has 0 aromatic heterocycles. The lowest BCUT2D eigenvalue weighted by Gasteiger charge is -2.28. The maximum absolute atomic E-state index is 3.85. The SMILES string of the molecule is CC(C)(C)c1ccc2c(c1)CCc1cc(C(C)(C)C)cc(Br)c1-2. The van der Waals surface area contributed by atoms with Gasteiger partial charge in [0.25, 0.3) is 0 Å². The summed E-state index contributed by atoms with van der Waals surface area (Å²) in [6.07, 6.45) is 2.28. The molecule has 2 aromatic carbocycles. The van der Waals surface area contributed by atoms with Gasteiger partial charge in [0.15, 0.2) is 0 Å². The van der Waals surface area contributed by atoms with Crippen LogP contribution in [-0.2, 0) is 23.7 Å². The maximum atomic E-state index is 3.85. The van der Waals surface area contributed by atoms with E-state index < -0.39 is 0 Å². The van der Waals surface area contributed by atoms with Crippen LogP contribution < -0.4 is 0 Å². The molecule has 1 aliphatic rings. The molecule has 0 aliphatic heterocycles. The van der Waals surface area contributed by atoms with Crippen molar-refractivity contribution in [2.75, 3.05) is 0 Å². The summed E-state index contributed by atoms with van der Waals surface area (Å²) in [6, 6.07) is 11.8. The summed E-state index contributed by atoms with van der Waals surface area (Å²) in [7, 11) is 0. The molecule has 2 aromatic rings. The highest BCUT2D eigenvalue weighted by atomic mass is 79.9. The van der Waals surface area contributed by atoms with Gasteiger partial charge < -0.3 is 0 Å². The van der Waals surface area contributed by atoms with Crippen molar-refractivity contribution in [3.63, 3.8) is 0 Å². The largest absolute Gasteiger partial charge is 0.0579 e. The van der Waals surface area contributed by atoms with Gasteiger partial charge >= 0.3 is 0 Å². The lowest BCUT2D eigenvalue weighted by molar-refractivity contribution is 0.587. The van der Waals surface area contributed by atoms with E-state index in [1.165, 1.54) is 37.9 Å². The van der Waals surface area contributed by atoms with Gasteiger partial charge in [-0.2, -0.15) is 0 Å². The fourth-order valence-corrected chi connectivity index (χ4v) is 4.09. The lowest BCUT2D eigenvalue weighted by Crippen LogP contribution is -2.15. The third kappa shape index (κ3) is 3.13. The molecule has 0 heterocycles. The molecule has 0 N–H and O–H groups in total. The molecule has 1 heteroatoms. The molecule has 0 saturated carbocycles. The summed E-state index contributed by atoms with van der Waals surface area (Å²) in [5.41, 5.74) is 9.04. The molecule has 1 aliphatic carbocycles. The van der Waals surface area contributed by atoms with Crippen LogP contribution in [0.4, 0.5) is 0 Å². The Morgan fingerprint density at radius 3 is 1.91 bits per heavy atom. The summed E-state index contributed by atoms with van der Waals surface area (Å²) in [4.78, 5) is 0. The number of hydrogen-bond acceptors (Lipinski definition) is 0. The number of rotatable bonds is 0. The zero-order valence-corrected chi connectivity index (χ0v) is 16.8. The van der Waals surface area contributed by atoms with Crippen LogP contribution in [0.2, 0.25) is 0 Å². The minimum absolute atomic E-state index is 0.188. The second kappa shape index (κ2) is 5.48. The van der Waals surface area contributed by atoms with E-state index in [4.69, 9.17) is 0 Å². The van der Waals surface area contributed by atoms with Gasteiger partial charge in [-0.05, 0) is 63.1 Å². The molecule has 0 spiro atoms. The minimum Gasteiger partial charge on any atom is -0.0579 e. The van der Waals surface area contributed by atoms with E-state index in [9.17, 15) is 0 Å². The van der Waals surface area contributed by atoms with Crippen LogP contribution in [0, 0.1) is 0 Å². The Hall–Kier alpha value is -1.08. The fraction of sp³-hybridized carbons (Fsp3) is 0.455. The molecule has 0 unspecified atom stereocenters. The number of aryl methyl sites for hydroxylation is 2. The molecule has 0 saturated heterocycles. The predicted molar refractivity (Wildman–Crippen MR) is 104 cm³/mol. The van der Waals surface area contributed by atoms with Crippen LogP contribution in [0.5, 0.6) is 0 Å². The Morgan fingerprint density at radius 2 is 1.30 bits per heavy atom. The van der Waals surface area contributed by atoms with Crippen LogP contribution in [0.25, 0.3) is 11.1 Å². The van der Waals surface area contributed by atoms with Crippen molar-refractivity contribution in [1.82, 2.24) is 0 Å². The number of fused-ring (bicyclic) bond motifs is 3. The molecule has 0 fully saturated rings. The van der Waals surface area contributed by atoms with Crippen LogP contribution in [0.1, 0.15) is 63.8 Å². The first kappa shape index (κ1) is 16.8. The minimum atomic E-state index is 0.188. The Labute approximate surface area is 149 Å². The molecule has 0 bridgehead atoms. The number of halogens is 1. The van der Waals surface area contributed by atoms with Crippen molar-refractivity contribution >= 4 is 15.9 Å². The summed E-state index contributed by atoms with van der Waals surface area (Å²) in [6.45, 7) is 13.7. The highest BCUT2D eigenvalue weighted by Gasteiger charge is 2.24. The van der Waals surface area contributed by atoms with Crippen LogP contribution in [0.3, 0.4) is 0 Å². The molecule has 0 nitrogen and oxygen atoms in total.